The van der Waals surface area contributed by atoms with E-state index in [0.29, 0.717) is 22.3 Å². The van der Waals surface area contributed by atoms with Crippen LogP contribution in [-0.4, -0.2) is 39.9 Å². The minimum atomic E-state index is -0.405. The van der Waals surface area contributed by atoms with E-state index in [1.54, 1.807) is 36.0 Å². The summed E-state index contributed by atoms with van der Waals surface area (Å²) in [4.78, 5) is 27.9. The van der Waals surface area contributed by atoms with Crippen LogP contribution >= 0.6 is 23.4 Å². The molecule has 1 heterocycles. The van der Waals surface area contributed by atoms with Crippen LogP contribution in [0.25, 0.3) is 0 Å². The molecule has 3 rings (SSSR count). The summed E-state index contributed by atoms with van der Waals surface area (Å²) in [5.74, 6) is 1.03. The summed E-state index contributed by atoms with van der Waals surface area (Å²) in [6.07, 6.45) is 5.98. The third-order valence-electron chi connectivity index (χ3n) is 5.15. The van der Waals surface area contributed by atoms with Crippen LogP contribution in [0.4, 0.5) is 0 Å². The summed E-state index contributed by atoms with van der Waals surface area (Å²) in [6.45, 7) is 3.90. The fourth-order valence-corrected chi connectivity index (χ4v) is 5.66. The van der Waals surface area contributed by atoms with Gasteiger partial charge in [0.2, 0.25) is 5.91 Å². The molecule has 1 aromatic rings. The highest BCUT2D eigenvalue weighted by Crippen LogP contribution is 2.41. The average molecular weight is 395 g/mol. The number of benzene rings is 1. The molecule has 2 aliphatic rings. The predicted molar refractivity (Wildman–Crippen MR) is 108 cm³/mol. The van der Waals surface area contributed by atoms with Crippen molar-refractivity contribution in [3.8, 4) is 0 Å². The highest BCUT2D eigenvalue weighted by Gasteiger charge is 2.45. The van der Waals surface area contributed by atoms with Crippen molar-refractivity contribution >= 4 is 35.2 Å². The number of rotatable bonds is 4. The Morgan fingerprint density at radius 1 is 1.15 bits per heavy atom. The first-order valence-corrected chi connectivity index (χ1v) is 10.9. The van der Waals surface area contributed by atoms with E-state index >= 15 is 0 Å². The molecule has 1 aliphatic heterocycles. The van der Waals surface area contributed by atoms with Crippen LogP contribution in [-0.2, 0) is 4.79 Å². The summed E-state index contributed by atoms with van der Waals surface area (Å²) < 4.78 is 0. The number of nitrogens with zero attached hydrogens (tertiary/aromatic N) is 1. The third kappa shape index (κ3) is 4.37. The van der Waals surface area contributed by atoms with Gasteiger partial charge in [0.25, 0.3) is 5.91 Å². The van der Waals surface area contributed by atoms with Crippen molar-refractivity contribution < 1.29 is 9.59 Å². The van der Waals surface area contributed by atoms with Crippen molar-refractivity contribution in [1.82, 2.24) is 10.2 Å². The number of hydrogen-bond donors (Lipinski definition) is 1. The van der Waals surface area contributed by atoms with Gasteiger partial charge in [-0.15, -0.1) is 11.8 Å². The summed E-state index contributed by atoms with van der Waals surface area (Å²) in [6, 6.07) is 6.63. The maximum absolute atomic E-state index is 13.3. The Labute approximate surface area is 165 Å². The Morgan fingerprint density at radius 3 is 2.42 bits per heavy atom. The lowest BCUT2D eigenvalue weighted by molar-refractivity contribution is -0.125. The molecule has 6 heteroatoms. The summed E-state index contributed by atoms with van der Waals surface area (Å²) in [5.41, 5.74) is 0.597. The lowest BCUT2D eigenvalue weighted by Crippen LogP contribution is -2.52. The maximum Gasteiger partial charge on any atom is 0.255 e. The second-order valence-electron chi connectivity index (χ2n) is 7.52. The van der Waals surface area contributed by atoms with Crippen molar-refractivity contribution in [2.45, 2.75) is 63.4 Å². The van der Waals surface area contributed by atoms with E-state index in [2.05, 4.69) is 5.32 Å². The standard InChI is InChI=1S/C20H27ClN2O2S/c1-13(2)22-18(24)17-12-26-20(15-6-4-3-5-7-15)23(17)19(25)14-8-10-16(21)11-9-14/h8-11,13,15,17,20H,3-7,12H2,1-2H3,(H,22,24)/t17-,20+/m0/s1. The molecule has 2 amide bonds. The fourth-order valence-electron chi connectivity index (χ4n) is 3.89. The molecule has 0 radical (unpaired) electrons. The fraction of sp³-hybridized carbons (Fsp3) is 0.600. The van der Waals surface area contributed by atoms with E-state index in [1.807, 2.05) is 18.7 Å². The molecule has 0 aromatic heterocycles. The van der Waals surface area contributed by atoms with E-state index in [4.69, 9.17) is 11.6 Å². The number of amides is 2. The minimum Gasteiger partial charge on any atom is -0.352 e. The first kappa shape index (κ1) is 19.6. The van der Waals surface area contributed by atoms with Crippen molar-refractivity contribution in [3.05, 3.63) is 34.9 Å². The molecule has 0 spiro atoms. The number of nitrogens with one attached hydrogen (secondary N) is 1. The van der Waals surface area contributed by atoms with Crippen LogP contribution in [0, 0.1) is 5.92 Å². The van der Waals surface area contributed by atoms with E-state index in [1.165, 1.54) is 19.3 Å². The van der Waals surface area contributed by atoms with E-state index in [0.717, 1.165) is 12.8 Å². The Morgan fingerprint density at radius 2 is 1.81 bits per heavy atom. The molecular formula is C20H27ClN2O2S. The van der Waals surface area contributed by atoms with Gasteiger partial charge in [0, 0.05) is 22.4 Å². The average Bonchev–Trinajstić information content (AvgIpc) is 3.07. The minimum absolute atomic E-state index is 0.0480. The Bertz CT molecular complexity index is 644. The van der Waals surface area contributed by atoms with Gasteiger partial charge in [-0.3, -0.25) is 9.59 Å². The summed E-state index contributed by atoms with van der Waals surface area (Å²) in [7, 11) is 0. The molecule has 1 N–H and O–H groups in total. The van der Waals surface area contributed by atoms with Gasteiger partial charge < -0.3 is 10.2 Å². The number of carbonyl (C=O) groups is 2. The first-order chi connectivity index (χ1) is 12.5. The van der Waals surface area contributed by atoms with E-state index in [9.17, 15) is 9.59 Å². The Kier molecular flexibility index (Phi) is 6.51. The molecule has 4 nitrogen and oxygen atoms in total. The Balaban J connectivity index is 1.86. The first-order valence-electron chi connectivity index (χ1n) is 9.47. The van der Waals surface area contributed by atoms with Crippen LogP contribution in [0.2, 0.25) is 5.02 Å². The summed E-state index contributed by atoms with van der Waals surface area (Å²) in [5, 5.41) is 3.68. The van der Waals surface area contributed by atoms with Gasteiger partial charge in [-0.05, 0) is 56.9 Å². The number of thioether (sulfide) groups is 1. The molecule has 26 heavy (non-hydrogen) atoms. The summed E-state index contributed by atoms with van der Waals surface area (Å²) >= 11 is 7.73. The SMILES string of the molecule is CC(C)NC(=O)[C@@H]1CS[C@H](C2CCCCC2)N1C(=O)c1ccc(Cl)cc1. The van der Waals surface area contributed by atoms with Gasteiger partial charge in [0.1, 0.15) is 6.04 Å². The molecule has 0 unspecified atom stereocenters. The smallest absolute Gasteiger partial charge is 0.255 e. The highest BCUT2D eigenvalue weighted by atomic mass is 35.5. The highest BCUT2D eigenvalue weighted by molar-refractivity contribution is 8.00. The zero-order chi connectivity index (χ0) is 18.7. The van der Waals surface area contributed by atoms with Crippen LogP contribution in [0.3, 0.4) is 0 Å². The monoisotopic (exact) mass is 394 g/mol. The Hall–Kier alpha value is -1.20. The number of carbonyl (C=O) groups excluding carboxylic acids is 2. The second kappa shape index (κ2) is 8.66. The van der Waals surface area contributed by atoms with E-state index in [-0.39, 0.29) is 23.2 Å². The van der Waals surface area contributed by atoms with Crippen molar-refractivity contribution in [1.29, 1.82) is 0 Å². The molecule has 1 aliphatic carbocycles. The van der Waals surface area contributed by atoms with Crippen LogP contribution < -0.4 is 5.32 Å². The second-order valence-corrected chi connectivity index (χ2v) is 9.11. The molecule has 2 atom stereocenters. The molecule has 1 aromatic carbocycles. The van der Waals surface area contributed by atoms with Crippen molar-refractivity contribution in [2.24, 2.45) is 5.92 Å². The molecule has 2 fully saturated rings. The van der Waals surface area contributed by atoms with Gasteiger partial charge in [-0.1, -0.05) is 30.9 Å². The van der Waals surface area contributed by atoms with Gasteiger partial charge in [-0.25, -0.2) is 0 Å². The third-order valence-corrected chi connectivity index (χ3v) is 6.86. The molecule has 1 saturated heterocycles. The lowest BCUT2D eigenvalue weighted by Gasteiger charge is -2.35. The van der Waals surface area contributed by atoms with Gasteiger partial charge in [0.15, 0.2) is 0 Å². The van der Waals surface area contributed by atoms with Crippen molar-refractivity contribution in [2.75, 3.05) is 5.75 Å². The van der Waals surface area contributed by atoms with Crippen LogP contribution in [0.15, 0.2) is 24.3 Å². The molecule has 142 valence electrons. The van der Waals surface area contributed by atoms with Crippen molar-refractivity contribution in [3.63, 3.8) is 0 Å². The van der Waals surface area contributed by atoms with E-state index < -0.39 is 6.04 Å². The molecular weight excluding hydrogens is 368 g/mol. The molecule has 0 bridgehead atoms. The van der Waals surface area contributed by atoms with Crippen LogP contribution in [0.1, 0.15) is 56.3 Å². The predicted octanol–water partition coefficient (Wildman–Crippen LogP) is 4.33. The lowest BCUT2D eigenvalue weighted by atomic mass is 9.88. The molecule has 1 saturated carbocycles. The topological polar surface area (TPSA) is 49.4 Å². The quantitative estimate of drug-likeness (QED) is 0.826. The largest absolute Gasteiger partial charge is 0.352 e. The van der Waals surface area contributed by atoms with Crippen LogP contribution in [0.5, 0.6) is 0 Å². The zero-order valence-corrected chi connectivity index (χ0v) is 17.0. The van der Waals surface area contributed by atoms with Gasteiger partial charge in [0.05, 0.1) is 5.37 Å². The normalized spacial score (nSPS) is 24.1. The van der Waals surface area contributed by atoms with Gasteiger partial charge in [-0.2, -0.15) is 0 Å². The number of halogens is 1. The zero-order valence-electron chi connectivity index (χ0n) is 15.4. The maximum atomic E-state index is 13.3. The number of hydrogen-bond acceptors (Lipinski definition) is 3. The van der Waals surface area contributed by atoms with Gasteiger partial charge >= 0.3 is 0 Å².